The molecular formula is C13H27O11S2+. The third-order valence-corrected chi connectivity index (χ3v) is 7.48. The summed E-state index contributed by atoms with van der Waals surface area (Å²) < 4.78 is 9.05. The van der Waals surface area contributed by atoms with Crippen molar-refractivity contribution in [3.63, 3.8) is 0 Å². The first-order valence-electron chi connectivity index (χ1n) is 7.94. The van der Waals surface area contributed by atoms with E-state index < -0.39 is 65.5 Å². The number of aliphatic hydroxyl groups excluding tert-OH is 7. The van der Waals surface area contributed by atoms with Crippen LogP contribution in [0.3, 0.4) is 0 Å². The van der Waals surface area contributed by atoms with E-state index in [1.165, 1.54) is 0 Å². The Kier molecular flexibility index (Phi) is 11.2. The predicted octanol–water partition coefficient (Wildman–Crippen LogP) is -3.08. The molecule has 0 saturated carbocycles. The maximum atomic E-state index is 10.4. The van der Waals surface area contributed by atoms with Crippen LogP contribution in [0.2, 0.25) is 0 Å². The summed E-state index contributed by atoms with van der Waals surface area (Å²) in [5, 5.41) is 80.1. The minimum Gasteiger partial charge on any atom is -0.391 e. The molecule has 1 saturated heterocycles. The lowest BCUT2D eigenvalue weighted by Gasteiger charge is -2.30. The standard InChI is InChI=1S/C13H26O11S2/c1-2-6(15)11(19)12(20)13(22-25-24-23-21)8(17)5-26-4-7(16)10(18)9(26)3-14/h6-20H,2-5H2,1H3/p+1. The fourth-order valence-electron chi connectivity index (χ4n) is 2.69. The molecular weight excluding hydrogens is 396 g/mol. The largest absolute Gasteiger partial charge is 0.391 e. The highest BCUT2D eigenvalue weighted by Crippen LogP contribution is 2.27. The van der Waals surface area contributed by atoms with Crippen molar-refractivity contribution in [3.05, 3.63) is 0 Å². The summed E-state index contributed by atoms with van der Waals surface area (Å²) in [6.07, 6.45) is -9.53. The minimum atomic E-state index is -1.72. The quantitative estimate of drug-likeness (QED) is 0.0520. The Morgan fingerprint density at radius 2 is 1.77 bits per heavy atom. The zero-order chi connectivity index (χ0) is 19.9. The second-order valence-corrected chi connectivity index (χ2v) is 8.76. The summed E-state index contributed by atoms with van der Waals surface area (Å²) in [6.45, 7) is 1.19. The first kappa shape index (κ1) is 24.3. The summed E-state index contributed by atoms with van der Waals surface area (Å²) in [4.78, 5) is 0. The van der Waals surface area contributed by atoms with Crippen LogP contribution in [0, 0.1) is 0 Å². The molecule has 0 aromatic rings. The molecule has 9 unspecified atom stereocenters. The maximum absolute atomic E-state index is 10.4. The van der Waals surface area contributed by atoms with Gasteiger partial charge in [0.05, 0.1) is 12.7 Å². The van der Waals surface area contributed by atoms with Gasteiger partial charge in [-0.15, -0.1) is 4.33 Å². The molecule has 0 bridgehead atoms. The summed E-state index contributed by atoms with van der Waals surface area (Å²) >= 11 is 0.0903. The van der Waals surface area contributed by atoms with Gasteiger partial charge in [0, 0.05) is 10.9 Å². The van der Waals surface area contributed by atoms with Crippen LogP contribution in [0.5, 0.6) is 0 Å². The lowest BCUT2D eigenvalue weighted by Crippen LogP contribution is -2.51. The van der Waals surface area contributed by atoms with E-state index in [4.69, 9.17) is 9.44 Å². The topological polar surface area (TPSA) is 190 Å². The Morgan fingerprint density at radius 1 is 1.12 bits per heavy atom. The zero-order valence-corrected chi connectivity index (χ0v) is 15.7. The van der Waals surface area contributed by atoms with Gasteiger partial charge < -0.3 is 35.7 Å². The van der Waals surface area contributed by atoms with Gasteiger partial charge in [0.1, 0.15) is 48.1 Å². The van der Waals surface area contributed by atoms with Gasteiger partial charge in [-0.3, -0.25) is 4.18 Å². The SMILES string of the molecule is CCC(O)C(O)C(O)C(OSOOO)C(O)C[S+]1CC(O)C(O)C1CO. The molecule has 0 radical (unpaired) electrons. The van der Waals surface area contributed by atoms with Crippen LogP contribution in [0.25, 0.3) is 0 Å². The highest BCUT2D eigenvalue weighted by molar-refractivity contribution is 7.97. The summed E-state index contributed by atoms with van der Waals surface area (Å²) in [5.74, 6) is 0.0896. The van der Waals surface area contributed by atoms with E-state index >= 15 is 0 Å². The van der Waals surface area contributed by atoms with Crippen LogP contribution >= 0.6 is 12.3 Å². The fourth-order valence-corrected chi connectivity index (χ4v) is 5.76. The Morgan fingerprint density at radius 3 is 2.31 bits per heavy atom. The van der Waals surface area contributed by atoms with Gasteiger partial charge in [-0.05, 0) is 6.42 Å². The molecule has 0 aromatic carbocycles. The summed E-state index contributed by atoms with van der Waals surface area (Å²) in [5.41, 5.74) is 0. The van der Waals surface area contributed by atoms with Crippen molar-refractivity contribution in [2.75, 3.05) is 18.1 Å². The molecule has 1 fully saturated rings. The minimum absolute atomic E-state index is 0.0590. The molecule has 156 valence electrons. The van der Waals surface area contributed by atoms with Gasteiger partial charge in [-0.2, -0.15) is 0 Å². The third kappa shape index (κ3) is 6.41. The Hall–Kier alpha value is 0.260. The van der Waals surface area contributed by atoms with Gasteiger partial charge in [0.2, 0.25) is 0 Å². The van der Waals surface area contributed by atoms with Crippen LogP contribution in [-0.4, -0.2) is 107 Å². The molecule has 26 heavy (non-hydrogen) atoms. The van der Waals surface area contributed by atoms with Gasteiger partial charge in [0.15, 0.2) is 17.6 Å². The van der Waals surface area contributed by atoms with E-state index in [0.29, 0.717) is 0 Å². The fraction of sp³-hybridized carbons (Fsp3) is 1.00. The van der Waals surface area contributed by atoms with E-state index in [0.717, 1.165) is 0 Å². The Balaban J connectivity index is 2.81. The van der Waals surface area contributed by atoms with Crippen molar-refractivity contribution < 1.29 is 54.6 Å². The molecule has 0 aromatic heterocycles. The van der Waals surface area contributed by atoms with Crippen LogP contribution in [0.1, 0.15) is 13.3 Å². The normalized spacial score (nSPS) is 32.2. The number of rotatable bonds is 12. The third-order valence-electron chi connectivity index (χ3n) is 4.24. The van der Waals surface area contributed by atoms with Crippen molar-refractivity contribution in [2.24, 2.45) is 0 Å². The number of aliphatic hydroxyl groups is 7. The lowest BCUT2D eigenvalue weighted by atomic mass is 9.99. The van der Waals surface area contributed by atoms with Gasteiger partial charge in [0.25, 0.3) is 0 Å². The van der Waals surface area contributed by atoms with Crippen molar-refractivity contribution >= 4 is 23.2 Å². The molecule has 1 heterocycles. The highest BCUT2D eigenvalue weighted by atomic mass is 32.2. The molecule has 11 nitrogen and oxygen atoms in total. The zero-order valence-electron chi connectivity index (χ0n) is 14.1. The Bertz CT molecular complexity index is 393. The second kappa shape index (κ2) is 12.0. The average molecular weight is 423 g/mol. The summed E-state index contributed by atoms with van der Waals surface area (Å²) in [7, 11) is -0.791. The van der Waals surface area contributed by atoms with Crippen LogP contribution < -0.4 is 0 Å². The molecule has 1 rings (SSSR count). The molecule has 8 N–H and O–H groups in total. The van der Waals surface area contributed by atoms with Crippen LogP contribution in [0.15, 0.2) is 0 Å². The average Bonchev–Trinajstić information content (AvgIpc) is 2.89. The first-order chi connectivity index (χ1) is 12.3. The van der Waals surface area contributed by atoms with E-state index in [9.17, 15) is 35.7 Å². The molecule has 0 aliphatic carbocycles. The number of hydrogen-bond donors (Lipinski definition) is 8. The Labute approximate surface area is 157 Å². The van der Waals surface area contributed by atoms with Crippen LogP contribution in [-0.2, 0) is 24.5 Å². The van der Waals surface area contributed by atoms with E-state index in [1.54, 1.807) is 6.92 Å². The monoisotopic (exact) mass is 423 g/mol. The molecule has 13 heteroatoms. The molecule has 1 aliphatic rings. The number of hydrogen-bond acceptors (Lipinski definition) is 12. The van der Waals surface area contributed by atoms with Gasteiger partial charge in [-0.1, -0.05) is 12.0 Å². The maximum Gasteiger partial charge on any atom is 0.198 e. The van der Waals surface area contributed by atoms with E-state index in [2.05, 4.69) is 9.37 Å². The molecule has 9 atom stereocenters. The van der Waals surface area contributed by atoms with Crippen LogP contribution in [0.4, 0.5) is 0 Å². The van der Waals surface area contributed by atoms with Crippen molar-refractivity contribution in [1.82, 2.24) is 0 Å². The van der Waals surface area contributed by atoms with Gasteiger partial charge in [-0.25, -0.2) is 5.26 Å². The van der Waals surface area contributed by atoms with E-state index in [-0.39, 0.29) is 30.3 Å². The smallest absolute Gasteiger partial charge is 0.198 e. The molecule has 1 aliphatic heterocycles. The van der Waals surface area contributed by atoms with Crippen molar-refractivity contribution in [3.8, 4) is 0 Å². The van der Waals surface area contributed by atoms with Crippen molar-refractivity contribution in [2.45, 2.75) is 61.3 Å². The second-order valence-electron chi connectivity index (χ2n) is 5.95. The predicted molar refractivity (Wildman–Crippen MR) is 91.6 cm³/mol. The summed E-state index contributed by atoms with van der Waals surface area (Å²) in [6, 6.07) is 0. The first-order valence-corrected chi connectivity index (χ1v) is 10.2. The molecule has 0 amide bonds. The van der Waals surface area contributed by atoms with Gasteiger partial charge >= 0.3 is 0 Å². The van der Waals surface area contributed by atoms with Crippen molar-refractivity contribution in [1.29, 1.82) is 0 Å². The lowest BCUT2D eigenvalue weighted by molar-refractivity contribution is -0.434. The van der Waals surface area contributed by atoms with E-state index in [1.807, 2.05) is 0 Å². The highest BCUT2D eigenvalue weighted by Gasteiger charge is 2.51. The molecule has 0 spiro atoms.